The van der Waals surface area contributed by atoms with E-state index in [2.05, 4.69) is 5.32 Å². The maximum absolute atomic E-state index is 12.6. The lowest BCUT2D eigenvalue weighted by Gasteiger charge is -2.24. The van der Waals surface area contributed by atoms with Gasteiger partial charge in [0.1, 0.15) is 24.0 Å². The molecule has 1 aromatic heterocycles. The normalized spacial score (nSPS) is 14.9. The summed E-state index contributed by atoms with van der Waals surface area (Å²) in [6.07, 6.45) is 2.12. The summed E-state index contributed by atoms with van der Waals surface area (Å²) in [6.45, 7) is 6.04. The molecule has 0 bridgehead atoms. The number of furan rings is 1. The second kappa shape index (κ2) is 8.07. The molecule has 0 saturated carbocycles. The third-order valence-corrected chi connectivity index (χ3v) is 5.17. The van der Waals surface area contributed by atoms with E-state index in [4.69, 9.17) is 13.9 Å². The van der Waals surface area contributed by atoms with Crippen LogP contribution in [0.4, 0.5) is 0 Å². The van der Waals surface area contributed by atoms with E-state index in [9.17, 15) is 4.79 Å². The Labute approximate surface area is 164 Å². The average Bonchev–Trinajstić information content (AvgIpc) is 3.06. The summed E-state index contributed by atoms with van der Waals surface area (Å²) in [5, 5.41) is 4.19. The largest absolute Gasteiger partial charge is 0.490 e. The number of nitrogens with one attached hydrogen (secondary N) is 1. The molecule has 1 saturated heterocycles. The molecule has 3 aromatic rings. The molecule has 1 fully saturated rings. The van der Waals surface area contributed by atoms with Crippen LogP contribution in [-0.4, -0.2) is 25.2 Å². The Balaban J connectivity index is 1.54. The van der Waals surface area contributed by atoms with Crippen molar-refractivity contribution in [3.63, 3.8) is 0 Å². The van der Waals surface area contributed by atoms with Crippen LogP contribution >= 0.6 is 0 Å². The molecule has 5 heteroatoms. The summed E-state index contributed by atoms with van der Waals surface area (Å²) in [5.41, 5.74) is 3.52. The molecule has 0 amide bonds. The molecular formula is C23H25NO4. The molecule has 0 spiro atoms. The second-order valence-electron chi connectivity index (χ2n) is 7.31. The molecule has 0 atom stereocenters. The number of esters is 1. The van der Waals surface area contributed by atoms with Crippen molar-refractivity contribution in [2.75, 3.05) is 13.1 Å². The van der Waals surface area contributed by atoms with Gasteiger partial charge in [0, 0.05) is 5.56 Å². The van der Waals surface area contributed by atoms with Crippen molar-refractivity contribution in [3.05, 3.63) is 64.9 Å². The van der Waals surface area contributed by atoms with Crippen molar-refractivity contribution in [1.29, 1.82) is 0 Å². The smallest absolute Gasteiger partial charge is 0.374 e. The van der Waals surface area contributed by atoms with E-state index in [-0.39, 0.29) is 18.5 Å². The lowest BCUT2D eigenvalue weighted by Crippen LogP contribution is -2.34. The highest BCUT2D eigenvalue weighted by atomic mass is 16.5. The molecule has 28 heavy (non-hydrogen) atoms. The van der Waals surface area contributed by atoms with Gasteiger partial charge in [-0.15, -0.1) is 0 Å². The first kappa shape index (κ1) is 18.6. The minimum absolute atomic E-state index is 0.179. The third-order valence-electron chi connectivity index (χ3n) is 5.17. The number of hydrogen-bond acceptors (Lipinski definition) is 5. The Morgan fingerprint density at radius 1 is 1.11 bits per heavy atom. The number of ether oxygens (including phenoxy) is 2. The van der Waals surface area contributed by atoms with Crippen molar-refractivity contribution in [1.82, 2.24) is 5.32 Å². The number of aryl methyl sites for hydroxylation is 2. The van der Waals surface area contributed by atoms with Gasteiger partial charge in [-0.3, -0.25) is 0 Å². The van der Waals surface area contributed by atoms with Gasteiger partial charge in [0.05, 0.1) is 5.39 Å². The Hall–Kier alpha value is -2.79. The van der Waals surface area contributed by atoms with Crippen LogP contribution in [0.25, 0.3) is 11.0 Å². The van der Waals surface area contributed by atoms with E-state index in [1.165, 1.54) is 5.56 Å². The molecule has 5 nitrogen and oxygen atoms in total. The standard InChI is InChI=1S/C23H25NO4/c1-15-6-8-17(9-7-15)14-26-23(25)22-16(2)21-19(4-3-5-20(21)28-22)27-18-10-12-24-13-11-18/h3-9,18,24H,10-14H2,1-2H3. The zero-order chi connectivity index (χ0) is 19.5. The van der Waals surface area contributed by atoms with Crippen LogP contribution in [0.15, 0.2) is 46.9 Å². The summed E-state index contributed by atoms with van der Waals surface area (Å²) in [7, 11) is 0. The number of benzene rings is 2. The maximum Gasteiger partial charge on any atom is 0.374 e. The third kappa shape index (κ3) is 3.90. The molecule has 0 radical (unpaired) electrons. The number of piperidine rings is 1. The van der Waals surface area contributed by atoms with E-state index in [0.717, 1.165) is 48.2 Å². The summed E-state index contributed by atoms with van der Waals surface area (Å²) >= 11 is 0. The van der Waals surface area contributed by atoms with E-state index >= 15 is 0 Å². The first-order valence-electron chi connectivity index (χ1n) is 9.74. The predicted molar refractivity (Wildman–Crippen MR) is 108 cm³/mol. The molecule has 4 rings (SSSR count). The lowest BCUT2D eigenvalue weighted by molar-refractivity contribution is 0.0437. The fraction of sp³-hybridized carbons (Fsp3) is 0.348. The van der Waals surface area contributed by atoms with Gasteiger partial charge in [-0.25, -0.2) is 4.79 Å². The molecule has 1 N–H and O–H groups in total. The highest BCUT2D eigenvalue weighted by Crippen LogP contribution is 2.34. The molecule has 0 unspecified atom stereocenters. The van der Waals surface area contributed by atoms with Crippen molar-refractivity contribution in [3.8, 4) is 5.75 Å². The van der Waals surface area contributed by atoms with Crippen molar-refractivity contribution < 1.29 is 18.7 Å². The Kier molecular flexibility index (Phi) is 5.35. The lowest BCUT2D eigenvalue weighted by atomic mass is 10.1. The fourth-order valence-electron chi connectivity index (χ4n) is 3.55. The van der Waals surface area contributed by atoms with Crippen LogP contribution < -0.4 is 10.1 Å². The van der Waals surface area contributed by atoms with Crippen molar-refractivity contribution >= 4 is 16.9 Å². The molecule has 2 heterocycles. The minimum atomic E-state index is -0.456. The van der Waals surface area contributed by atoms with Gasteiger partial charge < -0.3 is 19.2 Å². The van der Waals surface area contributed by atoms with Crippen molar-refractivity contribution in [2.45, 2.75) is 39.4 Å². The van der Waals surface area contributed by atoms with Gasteiger partial charge in [-0.2, -0.15) is 0 Å². The van der Waals surface area contributed by atoms with Crippen LogP contribution in [0.5, 0.6) is 5.75 Å². The van der Waals surface area contributed by atoms with E-state index < -0.39 is 5.97 Å². The average molecular weight is 379 g/mol. The molecule has 146 valence electrons. The SMILES string of the molecule is Cc1ccc(COC(=O)c2oc3cccc(OC4CCNCC4)c3c2C)cc1. The zero-order valence-electron chi connectivity index (χ0n) is 16.3. The minimum Gasteiger partial charge on any atom is -0.490 e. The Bertz CT molecular complexity index is 968. The topological polar surface area (TPSA) is 60.7 Å². The van der Waals surface area contributed by atoms with Gasteiger partial charge in [-0.1, -0.05) is 35.9 Å². The predicted octanol–water partition coefficient (Wildman–Crippen LogP) is 4.54. The van der Waals surface area contributed by atoms with Crippen LogP contribution in [0.1, 0.15) is 40.1 Å². The number of carbonyl (C=O) groups excluding carboxylic acids is 1. The maximum atomic E-state index is 12.6. The van der Waals surface area contributed by atoms with Gasteiger partial charge >= 0.3 is 5.97 Å². The molecule has 2 aromatic carbocycles. The second-order valence-corrected chi connectivity index (χ2v) is 7.31. The highest BCUT2D eigenvalue weighted by Gasteiger charge is 2.23. The van der Waals surface area contributed by atoms with Gasteiger partial charge in [0.15, 0.2) is 0 Å². The molecule has 1 aliphatic heterocycles. The number of fused-ring (bicyclic) bond motifs is 1. The van der Waals surface area contributed by atoms with Gasteiger partial charge in [-0.05, 0) is 57.5 Å². The number of rotatable bonds is 5. The summed E-state index contributed by atoms with van der Waals surface area (Å²) < 4.78 is 17.5. The Morgan fingerprint density at radius 3 is 2.61 bits per heavy atom. The quantitative estimate of drug-likeness (QED) is 0.660. The fourth-order valence-corrected chi connectivity index (χ4v) is 3.55. The van der Waals surface area contributed by atoms with Crippen LogP contribution in [0.2, 0.25) is 0 Å². The molecule has 0 aliphatic carbocycles. The van der Waals surface area contributed by atoms with Crippen LogP contribution in [0, 0.1) is 13.8 Å². The Morgan fingerprint density at radius 2 is 1.86 bits per heavy atom. The van der Waals surface area contributed by atoms with Gasteiger partial charge in [0.2, 0.25) is 5.76 Å². The van der Waals surface area contributed by atoms with E-state index in [1.54, 1.807) is 0 Å². The van der Waals surface area contributed by atoms with Crippen LogP contribution in [0.3, 0.4) is 0 Å². The van der Waals surface area contributed by atoms with E-state index in [0.29, 0.717) is 5.58 Å². The first-order chi connectivity index (χ1) is 13.6. The van der Waals surface area contributed by atoms with Gasteiger partial charge in [0.25, 0.3) is 0 Å². The highest BCUT2D eigenvalue weighted by molar-refractivity contribution is 5.98. The molecule has 1 aliphatic rings. The van der Waals surface area contributed by atoms with E-state index in [1.807, 2.05) is 56.3 Å². The van der Waals surface area contributed by atoms with Crippen LogP contribution in [-0.2, 0) is 11.3 Å². The van der Waals surface area contributed by atoms with Crippen molar-refractivity contribution in [2.24, 2.45) is 0 Å². The summed E-state index contributed by atoms with van der Waals surface area (Å²) in [6, 6.07) is 13.6. The zero-order valence-corrected chi connectivity index (χ0v) is 16.3. The molecular weight excluding hydrogens is 354 g/mol. The number of hydrogen-bond donors (Lipinski definition) is 1. The summed E-state index contributed by atoms with van der Waals surface area (Å²) in [4.78, 5) is 12.6. The monoisotopic (exact) mass is 379 g/mol. The first-order valence-corrected chi connectivity index (χ1v) is 9.74. The number of carbonyl (C=O) groups is 1. The summed E-state index contributed by atoms with van der Waals surface area (Å²) in [5.74, 6) is 0.550.